The molecule has 0 radical (unpaired) electrons. The molecule has 5 heteroatoms. The summed E-state index contributed by atoms with van der Waals surface area (Å²) >= 11 is 0. The maximum Gasteiger partial charge on any atom is 0.305 e. The van der Waals surface area contributed by atoms with Gasteiger partial charge in [-0.2, -0.15) is 0 Å². The quantitative estimate of drug-likeness (QED) is 0.418. The van der Waals surface area contributed by atoms with Crippen LogP contribution < -0.4 is 0 Å². The van der Waals surface area contributed by atoms with Gasteiger partial charge < -0.3 is 19.3 Å². The summed E-state index contributed by atoms with van der Waals surface area (Å²) < 4.78 is 16.4. The Bertz CT molecular complexity index is 659. The van der Waals surface area contributed by atoms with Crippen molar-refractivity contribution in [3.8, 4) is 0 Å². The average molecular weight is 386 g/mol. The van der Waals surface area contributed by atoms with E-state index in [0.717, 1.165) is 11.1 Å². The molecule has 0 heterocycles. The molecule has 0 amide bonds. The molecule has 0 fully saturated rings. The zero-order valence-corrected chi connectivity index (χ0v) is 16.5. The Morgan fingerprint density at radius 1 is 0.929 bits per heavy atom. The normalized spacial score (nSPS) is 13.1. The Labute approximate surface area is 167 Å². The predicted molar refractivity (Wildman–Crippen MR) is 108 cm³/mol. The van der Waals surface area contributed by atoms with Gasteiger partial charge in [-0.05, 0) is 30.4 Å². The van der Waals surface area contributed by atoms with E-state index in [0.29, 0.717) is 45.5 Å². The third-order valence-corrected chi connectivity index (χ3v) is 4.50. The minimum absolute atomic E-state index is 0.264. The summed E-state index contributed by atoms with van der Waals surface area (Å²) in [5.74, 6) is -0.264. The van der Waals surface area contributed by atoms with E-state index < -0.39 is 6.10 Å². The molecular formula is C23H30O5. The van der Waals surface area contributed by atoms with Crippen molar-refractivity contribution in [3.63, 3.8) is 0 Å². The highest BCUT2D eigenvalue weighted by Gasteiger charge is 2.20. The fraction of sp³-hybridized carbons (Fsp3) is 0.435. The van der Waals surface area contributed by atoms with Crippen molar-refractivity contribution >= 4 is 5.97 Å². The van der Waals surface area contributed by atoms with Gasteiger partial charge in [-0.25, -0.2) is 0 Å². The SMILES string of the molecule is COC(=O)CCC[C@@H](O)[C@H](CCOCc1ccccc1)OCc1ccccc1. The highest BCUT2D eigenvalue weighted by atomic mass is 16.5. The first-order valence-electron chi connectivity index (χ1n) is 9.71. The Kier molecular flexibility index (Phi) is 10.3. The van der Waals surface area contributed by atoms with E-state index in [9.17, 15) is 9.90 Å². The number of rotatable bonds is 13. The Morgan fingerprint density at radius 3 is 2.14 bits per heavy atom. The van der Waals surface area contributed by atoms with Gasteiger partial charge in [-0.3, -0.25) is 4.79 Å². The molecule has 2 atom stereocenters. The minimum Gasteiger partial charge on any atom is -0.469 e. The largest absolute Gasteiger partial charge is 0.469 e. The lowest BCUT2D eigenvalue weighted by atomic mass is 10.0. The highest BCUT2D eigenvalue weighted by Crippen LogP contribution is 2.15. The number of carbonyl (C=O) groups is 1. The van der Waals surface area contributed by atoms with Crippen LogP contribution in [0.25, 0.3) is 0 Å². The molecule has 2 aromatic carbocycles. The average Bonchev–Trinajstić information content (AvgIpc) is 2.74. The van der Waals surface area contributed by atoms with E-state index >= 15 is 0 Å². The number of hydrogen-bond acceptors (Lipinski definition) is 5. The van der Waals surface area contributed by atoms with E-state index in [-0.39, 0.29) is 12.1 Å². The smallest absolute Gasteiger partial charge is 0.305 e. The first kappa shape index (κ1) is 22.1. The summed E-state index contributed by atoms with van der Waals surface area (Å²) in [7, 11) is 1.37. The first-order valence-corrected chi connectivity index (χ1v) is 9.71. The van der Waals surface area contributed by atoms with Crippen molar-refractivity contribution in [1.82, 2.24) is 0 Å². The van der Waals surface area contributed by atoms with E-state index in [4.69, 9.17) is 9.47 Å². The predicted octanol–water partition coefficient (Wildman–Crippen LogP) is 3.88. The molecule has 0 aliphatic rings. The summed E-state index contributed by atoms with van der Waals surface area (Å²) in [4.78, 5) is 11.3. The van der Waals surface area contributed by atoms with Crippen LogP contribution in [0.2, 0.25) is 0 Å². The molecule has 2 rings (SSSR count). The fourth-order valence-corrected chi connectivity index (χ4v) is 2.87. The van der Waals surface area contributed by atoms with Crippen LogP contribution in [-0.2, 0) is 32.2 Å². The van der Waals surface area contributed by atoms with Crippen molar-refractivity contribution in [2.24, 2.45) is 0 Å². The van der Waals surface area contributed by atoms with Crippen LogP contribution in [-0.4, -0.2) is 37.0 Å². The molecular weight excluding hydrogens is 356 g/mol. The molecule has 0 spiro atoms. The van der Waals surface area contributed by atoms with Crippen LogP contribution in [0.1, 0.15) is 36.8 Å². The van der Waals surface area contributed by atoms with Gasteiger partial charge in [0.1, 0.15) is 0 Å². The molecule has 0 unspecified atom stereocenters. The van der Waals surface area contributed by atoms with Gasteiger partial charge in [0.05, 0.1) is 32.5 Å². The number of aliphatic hydroxyl groups is 1. The highest BCUT2D eigenvalue weighted by molar-refractivity contribution is 5.68. The van der Waals surface area contributed by atoms with E-state index in [1.165, 1.54) is 7.11 Å². The van der Waals surface area contributed by atoms with Gasteiger partial charge in [0, 0.05) is 13.0 Å². The molecule has 152 valence electrons. The van der Waals surface area contributed by atoms with E-state index in [1.54, 1.807) is 0 Å². The van der Waals surface area contributed by atoms with Gasteiger partial charge in [0.15, 0.2) is 0 Å². The molecule has 0 bridgehead atoms. The third kappa shape index (κ3) is 8.65. The number of benzene rings is 2. The number of esters is 1. The molecule has 28 heavy (non-hydrogen) atoms. The van der Waals surface area contributed by atoms with Crippen molar-refractivity contribution in [3.05, 3.63) is 71.8 Å². The maximum absolute atomic E-state index is 11.3. The second kappa shape index (κ2) is 13.0. The lowest BCUT2D eigenvalue weighted by molar-refractivity contribution is -0.141. The second-order valence-corrected chi connectivity index (χ2v) is 6.70. The molecule has 0 saturated carbocycles. The van der Waals surface area contributed by atoms with E-state index in [2.05, 4.69) is 4.74 Å². The van der Waals surface area contributed by atoms with Crippen LogP contribution in [0.4, 0.5) is 0 Å². The van der Waals surface area contributed by atoms with Crippen molar-refractivity contribution in [2.75, 3.05) is 13.7 Å². The lowest BCUT2D eigenvalue weighted by Crippen LogP contribution is -2.30. The number of methoxy groups -OCH3 is 1. The fourth-order valence-electron chi connectivity index (χ4n) is 2.87. The van der Waals surface area contributed by atoms with Gasteiger partial charge in [-0.1, -0.05) is 60.7 Å². The molecule has 2 aromatic rings. The molecule has 0 aromatic heterocycles. The van der Waals surface area contributed by atoms with Crippen LogP contribution in [0, 0.1) is 0 Å². The monoisotopic (exact) mass is 386 g/mol. The lowest BCUT2D eigenvalue weighted by Gasteiger charge is -2.23. The van der Waals surface area contributed by atoms with Crippen LogP contribution in [0.15, 0.2) is 60.7 Å². The van der Waals surface area contributed by atoms with Crippen molar-refractivity contribution < 1.29 is 24.1 Å². The summed E-state index contributed by atoms with van der Waals surface area (Å²) in [6.07, 6.45) is 0.905. The number of hydrogen-bond donors (Lipinski definition) is 1. The molecule has 1 N–H and O–H groups in total. The van der Waals surface area contributed by atoms with Gasteiger partial charge in [0.25, 0.3) is 0 Å². The summed E-state index contributed by atoms with van der Waals surface area (Å²) in [6.45, 7) is 1.45. The van der Waals surface area contributed by atoms with Crippen LogP contribution in [0.5, 0.6) is 0 Å². The summed E-state index contributed by atoms with van der Waals surface area (Å²) in [5.41, 5.74) is 2.17. The van der Waals surface area contributed by atoms with Gasteiger partial charge in [0.2, 0.25) is 0 Å². The van der Waals surface area contributed by atoms with Crippen LogP contribution in [0.3, 0.4) is 0 Å². The summed E-state index contributed by atoms with van der Waals surface area (Å²) in [5, 5.41) is 10.6. The molecule has 0 aliphatic heterocycles. The topological polar surface area (TPSA) is 65.0 Å². The number of carbonyl (C=O) groups excluding carboxylic acids is 1. The molecule has 0 aliphatic carbocycles. The first-order chi connectivity index (χ1) is 13.7. The van der Waals surface area contributed by atoms with E-state index in [1.807, 2.05) is 60.7 Å². The Balaban J connectivity index is 1.80. The number of aliphatic hydroxyl groups excluding tert-OH is 1. The van der Waals surface area contributed by atoms with Crippen molar-refractivity contribution in [2.45, 2.75) is 51.1 Å². The van der Waals surface area contributed by atoms with Crippen molar-refractivity contribution in [1.29, 1.82) is 0 Å². The zero-order chi connectivity index (χ0) is 20.0. The third-order valence-electron chi connectivity index (χ3n) is 4.50. The summed E-state index contributed by atoms with van der Waals surface area (Å²) in [6, 6.07) is 19.8. The van der Waals surface area contributed by atoms with Gasteiger partial charge >= 0.3 is 5.97 Å². The van der Waals surface area contributed by atoms with Crippen LogP contribution >= 0.6 is 0 Å². The molecule has 0 saturated heterocycles. The minimum atomic E-state index is -0.659. The Hall–Kier alpha value is -2.21. The standard InChI is InChI=1S/C23H30O5/c1-26-23(25)14-8-13-21(24)22(28-18-20-11-6-3-7-12-20)15-16-27-17-19-9-4-2-5-10-19/h2-7,9-12,21-22,24H,8,13-18H2,1H3/t21-,22+/m1/s1. The van der Waals surface area contributed by atoms with Gasteiger partial charge in [-0.15, -0.1) is 0 Å². The molecule has 5 nitrogen and oxygen atoms in total. The Morgan fingerprint density at radius 2 is 1.54 bits per heavy atom. The maximum atomic E-state index is 11.3. The number of ether oxygens (including phenoxy) is 3. The zero-order valence-electron chi connectivity index (χ0n) is 16.5. The second-order valence-electron chi connectivity index (χ2n) is 6.70.